The van der Waals surface area contributed by atoms with E-state index in [-0.39, 0.29) is 23.8 Å². The molecule has 2 aromatic rings. The number of anilines is 1. The number of carbonyl (C=O) groups excluding carboxylic acids is 2. The largest absolute Gasteiger partial charge is 0.364 e. The number of amides is 2. The number of aromatic nitrogens is 1. The number of nitrogens with one attached hydrogen (secondary N) is 2. The lowest BCUT2D eigenvalue weighted by atomic mass is 10.1. The number of primary amides is 1. The van der Waals surface area contributed by atoms with Crippen molar-refractivity contribution in [2.24, 2.45) is 11.6 Å². The predicted octanol–water partition coefficient (Wildman–Crippen LogP) is 0.995. The Balaban J connectivity index is 1.59. The van der Waals surface area contributed by atoms with Gasteiger partial charge in [-0.1, -0.05) is 12.1 Å². The summed E-state index contributed by atoms with van der Waals surface area (Å²) in [5, 5.41) is 7.70. The maximum absolute atomic E-state index is 12.6. The van der Waals surface area contributed by atoms with E-state index < -0.39 is 5.91 Å². The van der Waals surface area contributed by atoms with Gasteiger partial charge in [0.2, 0.25) is 0 Å². The van der Waals surface area contributed by atoms with Crippen molar-refractivity contribution in [2.45, 2.75) is 32.0 Å². The maximum Gasteiger partial charge on any atom is 0.268 e. The van der Waals surface area contributed by atoms with Gasteiger partial charge in [0.1, 0.15) is 17.7 Å². The van der Waals surface area contributed by atoms with Gasteiger partial charge in [-0.05, 0) is 56.1 Å². The van der Waals surface area contributed by atoms with Crippen LogP contribution < -0.4 is 22.2 Å². The Labute approximate surface area is 181 Å². The quantitative estimate of drug-likeness (QED) is 0.530. The van der Waals surface area contributed by atoms with Gasteiger partial charge in [-0.15, -0.1) is 0 Å². The van der Waals surface area contributed by atoms with E-state index >= 15 is 0 Å². The molecule has 3 heterocycles. The second-order valence-electron chi connectivity index (χ2n) is 7.95. The van der Waals surface area contributed by atoms with Gasteiger partial charge in [0.15, 0.2) is 0 Å². The van der Waals surface area contributed by atoms with Crippen LogP contribution in [0.5, 0.6) is 0 Å². The number of aryl methyl sites for hydroxylation is 1. The molecule has 9 heteroatoms. The van der Waals surface area contributed by atoms with Crippen LogP contribution in [-0.4, -0.2) is 52.5 Å². The van der Waals surface area contributed by atoms with Crippen molar-refractivity contribution in [3.8, 4) is 0 Å². The van der Waals surface area contributed by atoms with E-state index in [2.05, 4.69) is 15.6 Å². The second-order valence-corrected chi connectivity index (χ2v) is 7.95. The van der Waals surface area contributed by atoms with E-state index in [1.807, 2.05) is 24.9 Å². The molecule has 0 radical (unpaired) electrons. The summed E-state index contributed by atoms with van der Waals surface area (Å²) in [4.78, 5) is 31.0. The van der Waals surface area contributed by atoms with Gasteiger partial charge < -0.3 is 21.3 Å². The molecular formula is C22H27N7O2. The van der Waals surface area contributed by atoms with Gasteiger partial charge in [-0.3, -0.25) is 14.6 Å². The van der Waals surface area contributed by atoms with Crippen LogP contribution in [0, 0.1) is 6.92 Å². The molecule has 1 aromatic heterocycles. The van der Waals surface area contributed by atoms with E-state index in [9.17, 15) is 9.59 Å². The number of hydrogen-bond donors (Lipinski definition) is 4. The molecule has 4 rings (SSSR count). The van der Waals surface area contributed by atoms with Crippen molar-refractivity contribution in [1.29, 1.82) is 0 Å². The molecule has 1 aromatic carbocycles. The lowest BCUT2D eigenvalue weighted by molar-refractivity contribution is -0.116. The third kappa shape index (κ3) is 3.97. The molecule has 162 valence electrons. The van der Waals surface area contributed by atoms with Gasteiger partial charge >= 0.3 is 0 Å². The standard InChI is InChI=1S/C22H27N7O2/c1-13-9-11-26-17(12-13)27-21(31)15-7-5-14(6-8-15)18-19(20(23)30)29(24)22(28(18)2)16-4-3-10-25-16/h5-9,11-12,16,22,25H,3-4,10,24H2,1-2H3,(H2,23,30)(H,26,27,31)/t16-,22?/m0/s1. The highest BCUT2D eigenvalue weighted by molar-refractivity contribution is 6.04. The third-order valence-electron chi connectivity index (χ3n) is 5.79. The van der Waals surface area contributed by atoms with Crippen molar-refractivity contribution in [3.05, 3.63) is 65.0 Å². The third-order valence-corrected chi connectivity index (χ3v) is 5.79. The van der Waals surface area contributed by atoms with Crippen LogP contribution in [0.1, 0.15) is 34.3 Å². The van der Waals surface area contributed by atoms with Gasteiger partial charge in [0, 0.05) is 30.4 Å². The van der Waals surface area contributed by atoms with Crippen LogP contribution in [0.15, 0.2) is 48.3 Å². The van der Waals surface area contributed by atoms with Crippen LogP contribution in [-0.2, 0) is 4.79 Å². The minimum atomic E-state index is -0.586. The highest BCUT2D eigenvalue weighted by Crippen LogP contribution is 2.35. The second kappa shape index (κ2) is 8.37. The van der Waals surface area contributed by atoms with E-state index in [0.29, 0.717) is 17.1 Å². The molecule has 2 atom stereocenters. The Kier molecular flexibility index (Phi) is 5.62. The highest BCUT2D eigenvalue weighted by Gasteiger charge is 2.42. The lowest BCUT2D eigenvalue weighted by Gasteiger charge is -2.33. The van der Waals surface area contributed by atoms with Crippen molar-refractivity contribution in [3.63, 3.8) is 0 Å². The molecule has 0 bridgehead atoms. The fourth-order valence-electron chi connectivity index (χ4n) is 4.33. The lowest BCUT2D eigenvalue weighted by Crippen LogP contribution is -2.54. The van der Waals surface area contributed by atoms with Gasteiger partial charge in [0.05, 0.1) is 5.70 Å². The zero-order valence-electron chi connectivity index (χ0n) is 17.6. The summed E-state index contributed by atoms with van der Waals surface area (Å²) in [5.74, 6) is 5.97. The molecule has 0 aliphatic carbocycles. The summed E-state index contributed by atoms with van der Waals surface area (Å²) in [6.45, 7) is 2.85. The molecule has 2 aliphatic rings. The number of pyridine rings is 1. The fraction of sp³-hybridized carbons (Fsp3) is 0.318. The number of hydrogen-bond acceptors (Lipinski definition) is 7. The molecule has 6 N–H and O–H groups in total. The summed E-state index contributed by atoms with van der Waals surface area (Å²) < 4.78 is 0. The summed E-state index contributed by atoms with van der Waals surface area (Å²) >= 11 is 0. The number of nitrogens with two attached hydrogens (primary N) is 2. The molecule has 31 heavy (non-hydrogen) atoms. The monoisotopic (exact) mass is 421 g/mol. The first kappa shape index (κ1) is 20.8. The van der Waals surface area contributed by atoms with Gasteiger partial charge in [-0.25, -0.2) is 10.8 Å². The molecule has 1 fully saturated rings. The van der Waals surface area contributed by atoms with Crippen molar-refractivity contribution >= 4 is 23.3 Å². The predicted molar refractivity (Wildman–Crippen MR) is 118 cm³/mol. The van der Waals surface area contributed by atoms with Crippen molar-refractivity contribution in [2.75, 3.05) is 18.9 Å². The Bertz CT molecular complexity index is 1030. The molecule has 2 amide bonds. The normalized spacial score (nSPS) is 21.0. The summed E-state index contributed by atoms with van der Waals surface area (Å²) in [6, 6.07) is 10.8. The van der Waals surface area contributed by atoms with Gasteiger partial charge in [0.25, 0.3) is 11.8 Å². The summed E-state index contributed by atoms with van der Waals surface area (Å²) in [7, 11) is 1.90. The van der Waals surface area contributed by atoms with Crippen LogP contribution in [0.4, 0.5) is 5.82 Å². The number of likely N-dealkylation sites (N-methyl/N-ethyl adjacent to an activating group) is 1. The Morgan fingerprint density at radius 1 is 1.23 bits per heavy atom. The number of hydrazine groups is 1. The van der Waals surface area contributed by atoms with Crippen LogP contribution >= 0.6 is 0 Å². The first-order valence-electron chi connectivity index (χ1n) is 10.3. The van der Waals surface area contributed by atoms with Crippen molar-refractivity contribution in [1.82, 2.24) is 20.2 Å². The maximum atomic E-state index is 12.6. The summed E-state index contributed by atoms with van der Waals surface area (Å²) in [5.41, 5.74) is 8.85. The van der Waals surface area contributed by atoms with Crippen LogP contribution in [0.25, 0.3) is 5.70 Å². The number of benzene rings is 1. The average molecular weight is 422 g/mol. The van der Waals surface area contributed by atoms with E-state index in [1.165, 1.54) is 5.01 Å². The smallest absolute Gasteiger partial charge is 0.268 e. The minimum Gasteiger partial charge on any atom is -0.364 e. The molecular weight excluding hydrogens is 394 g/mol. The Morgan fingerprint density at radius 3 is 2.58 bits per heavy atom. The topological polar surface area (TPSA) is 130 Å². The summed E-state index contributed by atoms with van der Waals surface area (Å²) in [6.07, 6.45) is 3.46. The minimum absolute atomic E-state index is 0.133. The van der Waals surface area contributed by atoms with E-state index in [0.717, 1.165) is 30.5 Å². The fourth-order valence-corrected chi connectivity index (χ4v) is 4.33. The van der Waals surface area contributed by atoms with Gasteiger partial charge in [-0.2, -0.15) is 0 Å². The molecule has 1 saturated heterocycles. The van der Waals surface area contributed by atoms with Crippen molar-refractivity contribution < 1.29 is 9.59 Å². The molecule has 2 aliphatic heterocycles. The first-order chi connectivity index (χ1) is 14.9. The zero-order valence-corrected chi connectivity index (χ0v) is 17.6. The van der Waals surface area contributed by atoms with E-state index in [4.69, 9.17) is 11.6 Å². The number of rotatable bonds is 5. The number of carbonyl (C=O) groups is 2. The van der Waals surface area contributed by atoms with Crippen LogP contribution in [0.3, 0.4) is 0 Å². The SMILES string of the molecule is Cc1ccnc(NC(=O)c2ccc(C3=C(C(N)=O)N(N)C([C@@H]4CCCN4)N3C)cc2)c1. The Morgan fingerprint density at radius 2 is 1.97 bits per heavy atom. The molecule has 9 nitrogen and oxygen atoms in total. The Hall–Kier alpha value is -3.43. The molecule has 1 unspecified atom stereocenters. The molecule has 0 saturated carbocycles. The highest BCUT2D eigenvalue weighted by atomic mass is 16.2. The first-order valence-corrected chi connectivity index (χ1v) is 10.3. The van der Waals surface area contributed by atoms with E-state index in [1.54, 1.807) is 36.5 Å². The zero-order chi connectivity index (χ0) is 22.1. The molecule has 0 spiro atoms. The average Bonchev–Trinajstić information content (AvgIpc) is 3.34. The number of nitrogens with zero attached hydrogens (tertiary/aromatic N) is 3. The van der Waals surface area contributed by atoms with Crippen LogP contribution in [0.2, 0.25) is 0 Å².